The molecular weight excluding hydrogens is 458 g/mol. The molecule has 3 aromatic rings. The molecule has 0 saturated heterocycles. The van der Waals surface area contributed by atoms with Gasteiger partial charge in [0.2, 0.25) is 0 Å². The monoisotopic (exact) mass is 494 g/mol. The predicted molar refractivity (Wildman–Crippen MR) is 144 cm³/mol. The summed E-state index contributed by atoms with van der Waals surface area (Å²) in [5.74, 6) is 0.553. The normalized spacial score (nSPS) is 18.1. The lowest BCUT2D eigenvalue weighted by molar-refractivity contribution is 0.310. The summed E-state index contributed by atoms with van der Waals surface area (Å²) in [6, 6.07) is 19.2. The van der Waals surface area contributed by atoms with Gasteiger partial charge in [0.25, 0.3) is 0 Å². The van der Waals surface area contributed by atoms with E-state index in [1.807, 2.05) is 6.07 Å². The highest BCUT2D eigenvalue weighted by atomic mass is 35.5. The van der Waals surface area contributed by atoms with Crippen LogP contribution in [0.25, 0.3) is 11.1 Å². The van der Waals surface area contributed by atoms with Crippen molar-refractivity contribution in [3.8, 4) is 11.1 Å². The fraction of sp³-hybridized carbons (Fsp3) is 0.438. The van der Waals surface area contributed by atoms with Crippen LogP contribution in [0.4, 0.5) is 8.78 Å². The number of benzene rings is 3. The van der Waals surface area contributed by atoms with E-state index in [2.05, 4.69) is 31.2 Å². The SMILES string of the molecule is CCCCCCc1ccc([C@H]2CC[C@H](CCc3ccc(-c4ccc(Cl)c(F)c4)c(F)c3)CC2)cc1. The van der Waals surface area contributed by atoms with Crippen molar-refractivity contribution < 1.29 is 8.78 Å². The Balaban J connectivity index is 1.24. The average Bonchev–Trinajstić information content (AvgIpc) is 2.88. The zero-order valence-corrected chi connectivity index (χ0v) is 21.6. The first-order valence-electron chi connectivity index (χ1n) is 13.4. The van der Waals surface area contributed by atoms with Gasteiger partial charge in [0.15, 0.2) is 0 Å². The van der Waals surface area contributed by atoms with Crippen LogP contribution in [0.2, 0.25) is 5.02 Å². The molecule has 1 aliphatic carbocycles. The van der Waals surface area contributed by atoms with E-state index >= 15 is 0 Å². The van der Waals surface area contributed by atoms with E-state index in [0.717, 1.165) is 18.4 Å². The zero-order chi connectivity index (χ0) is 24.6. The molecule has 0 nitrogen and oxygen atoms in total. The number of aryl methyl sites for hydroxylation is 2. The maximum Gasteiger partial charge on any atom is 0.142 e. The topological polar surface area (TPSA) is 0 Å². The standard InChI is InChI=1S/C32H37ClF2/c1-2-3-4-5-6-23-9-14-26(15-10-23)27-16-11-24(12-17-27)7-8-25-13-19-29(31(34)21-25)28-18-20-30(33)32(35)22-28/h9-10,13-15,18-22,24,27H,2-8,11-12,16-17H2,1H3/t24-,27-. The first kappa shape index (κ1) is 25.9. The molecule has 35 heavy (non-hydrogen) atoms. The summed E-state index contributed by atoms with van der Waals surface area (Å²) in [4.78, 5) is 0. The van der Waals surface area contributed by atoms with Gasteiger partial charge in [-0.15, -0.1) is 0 Å². The summed E-state index contributed by atoms with van der Waals surface area (Å²) >= 11 is 5.75. The van der Waals surface area contributed by atoms with Crippen LogP contribution in [0, 0.1) is 17.6 Å². The molecule has 0 bridgehead atoms. The molecule has 0 aromatic heterocycles. The van der Waals surface area contributed by atoms with Crippen LogP contribution >= 0.6 is 11.6 Å². The molecule has 0 N–H and O–H groups in total. The van der Waals surface area contributed by atoms with Gasteiger partial charge in [-0.2, -0.15) is 0 Å². The van der Waals surface area contributed by atoms with Gasteiger partial charge in [0.05, 0.1) is 5.02 Å². The second-order valence-electron chi connectivity index (χ2n) is 10.3. The maximum atomic E-state index is 14.7. The molecule has 0 unspecified atom stereocenters. The Morgan fingerprint density at radius 1 is 0.743 bits per heavy atom. The second kappa shape index (κ2) is 12.7. The summed E-state index contributed by atoms with van der Waals surface area (Å²) in [5.41, 5.74) is 4.91. The summed E-state index contributed by atoms with van der Waals surface area (Å²) in [6.07, 6.45) is 13.4. The van der Waals surface area contributed by atoms with E-state index in [0.29, 0.717) is 23.0 Å². The van der Waals surface area contributed by atoms with Crippen molar-refractivity contribution in [3.63, 3.8) is 0 Å². The molecule has 4 rings (SSSR count). The third-order valence-electron chi connectivity index (χ3n) is 7.72. The van der Waals surface area contributed by atoms with Gasteiger partial charge in [-0.1, -0.05) is 80.3 Å². The molecule has 1 aliphatic rings. The summed E-state index contributed by atoms with van der Waals surface area (Å²) < 4.78 is 28.5. The fourth-order valence-corrected chi connectivity index (χ4v) is 5.60. The Morgan fingerprint density at radius 2 is 1.49 bits per heavy atom. The highest BCUT2D eigenvalue weighted by molar-refractivity contribution is 6.30. The molecule has 0 radical (unpaired) electrons. The molecule has 1 saturated carbocycles. The Kier molecular flexibility index (Phi) is 9.38. The Bertz CT molecular complexity index is 1080. The van der Waals surface area contributed by atoms with Crippen LogP contribution < -0.4 is 0 Å². The summed E-state index contributed by atoms with van der Waals surface area (Å²) in [5, 5.41) is 0.0512. The molecule has 0 atom stereocenters. The van der Waals surface area contributed by atoms with Crippen LogP contribution in [-0.4, -0.2) is 0 Å². The van der Waals surface area contributed by atoms with Gasteiger partial charge in [-0.05, 0) is 104 Å². The highest BCUT2D eigenvalue weighted by Crippen LogP contribution is 2.38. The first-order chi connectivity index (χ1) is 17.0. The van der Waals surface area contributed by atoms with Crippen LogP contribution in [0.1, 0.15) is 87.3 Å². The minimum absolute atomic E-state index is 0.0512. The minimum atomic E-state index is -0.526. The zero-order valence-electron chi connectivity index (χ0n) is 20.8. The Labute approximate surface area is 214 Å². The molecule has 0 heterocycles. The van der Waals surface area contributed by atoms with E-state index in [1.165, 1.54) is 81.0 Å². The van der Waals surface area contributed by atoms with Gasteiger partial charge >= 0.3 is 0 Å². The van der Waals surface area contributed by atoms with E-state index in [-0.39, 0.29) is 10.8 Å². The maximum absolute atomic E-state index is 14.7. The van der Waals surface area contributed by atoms with Gasteiger partial charge < -0.3 is 0 Å². The van der Waals surface area contributed by atoms with Crippen molar-refractivity contribution in [2.75, 3.05) is 0 Å². The number of hydrogen-bond acceptors (Lipinski definition) is 0. The molecular formula is C32H37ClF2. The van der Waals surface area contributed by atoms with E-state index in [1.54, 1.807) is 18.2 Å². The predicted octanol–water partition coefficient (Wildman–Crippen LogP) is 10.3. The van der Waals surface area contributed by atoms with Gasteiger partial charge in [0.1, 0.15) is 11.6 Å². The van der Waals surface area contributed by atoms with E-state index in [9.17, 15) is 8.78 Å². The number of rotatable bonds is 10. The third-order valence-corrected chi connectivity index (χ3v) is 8.03. The molecule has 1 fully saturated rings. The van der Waals surface area contributed by atoms with Crippen LogP contribution in [0.5, 0.6) is 0 Å². The quantitative estimate of drug-likeness (QED) is 0.246. The molecule has 0 amide bonds. The number of hydrogen-bond donors (Lipinski definition) is 0. The summed E-state index contributed by atoms with van der Waals surface area (Å²) in [6.45, 7) is 2.26. The third kappa shape index (κ3) is 7.17. The average molecular weight is 495 g/mol. The lowest BCUT2D eigenvalue weighted by Gasteiger charge is -2.29. The molecule has 3 heteroatoms. The van der Waals surface area contributed by atoms with Crippen molar-refractivity contribution in [2.45, 2.75) is 83.5 Å². The molecule has 3 aromatic carbocycles. The van der Waals surface area contributed by atoms with Crippen LogP contribution in [0.3, 0.4) is 0 Å². The Morgan fingerprint density at radius 3 is 2.17 bits per heavy atom. The molecule has 186 valence electrons. The van der Waals surface area contributed by atoms with Gasteiger partial charge in [-0.3, -0.25) is 0 Å². The number of halogens is 3. The highest BCUT2D eigenvalue weighted by Gasteiger charge is 2.22. The smallest absolute Gasteiger partial charge is 0.142 e. The van der Waals surface area contributed by atoms with E-state index in [4.69, 9.17) is 11.6 Å². The van der Waals surface area contributed by atoms with Crippen molar-refractivity contribution in [1.82, 2.24) is 0 Å². The summed E-state index contributed by atoms with van der Waals surface area (Å²) in [7, 11) is 0. The molecule has 0 spiro atoms. The van der Waals surface area contributed by atoms with Crippen LogP contribution in [0.15, 0.2) is 60.7 Å². The van der Waals surface area contributed by atoms with Gasteiger partial charge in [0, 0.05) is 5.56 Å². The Hall–Kier alpha value is -2.19. The first-order valence-corrected chi connectivity index (χ1v) is 13.7. The van der Waals surface area contributed by atoms with Gasteiger partial charge in [-0.25, -0.2) is 8.78 Å². The van der Waals surface area contributed by atoms with E-state index < -0.39 is 5.82 Å². The van der Waals surface area contributed by atoms with Crippen molar-refractivity contribution in [2.24, 2.45) is 5.92 Å². The minimum Gasteiger partial charge on any atom is -0.206 e. The van der Waals surface area contributed by atoms with Crippen molar-refractivity contribution >= 4 is 11.6 Å². The largest absolute Gasteiger partial charge is 0.206 e. The fourth-order valence-electron chi connectivity index (χ4n) is 5.48. The number of unbranched alkanes of at least 4 members (excludes halogenated alkanes) is 3. The molecule has 0 aliphatic heterocycles. The van der Waals surface area contributed by atoms with Crippen LogP contribution in [-0.2, 0) is 12.8 Å². The second-order valence-corrected chi connectivity index (χ2v) is 10.7. The lowest BCUT2D eigenvalue weighted by atomic mass is 9.76. The van der Waals surface area contributed by atoms with Crippen molar-refractivity contribution in [1.29, 1.82) is 0 Å². The van der Waals surface area contributed by atoms with Crippen molar-refractivity contribution in [3.05, 3.63) is 94.0 Å². The lowest BCUT2D eigenvalue weighted by Crippen LogP contribution is -2.14.